The summed E-state index contributed by atoms with van der Waals surface area (Å²) in [6.45, 7) is 4.78. The van der Waals surface area contributed by atoms with E-state index in [-0.39, 0.29) is 28.1 Å². The Hall–Kier alpha value is -1.47. The molecule has 0 aromatic carbocycles. The van der Waals surface area contributed by atoms with E-state index in [0.717, 1.165) is 12.8 Å². The molecule has 0 spiro atoms. The summed E-state index contributed by atoms with van der Waals surface area (Å²) in [6.07, 6.45) is 1.79. The predicted octanol–water partition coefficient (Wildman–Crippen LogP) is 2.35. The van der Waals surface area contributed by atoms with Crippen molar-refractivity contribution in [2.45, 2.75) is 32.3 Å². The first-order chi connectivity index (χ1) is 9.36. The highest BCUT2D eigenvalue weighted by atomic mass is 35.5. The lowest BCUT2D eigenvalue weighted by molar-refractivity contribution is -0.385. The number of aryl methyl sites for hydroxylation is 1. The van der Waals surface area contributed by atoms with E-state index in [2.05, 4.69) is 9.97 Å². The van der Waals surface area contributed by atoms with E-state index in [0.29, 0.717) is 13.1 Å². The molecule has 1 aromatic heterocycles. The van der Waals surface area contributed by atoms with Crippen LogP contribution in [-0.2, 0) is 4.74 Å². The van der Waals surface area contributed by atoms with Gasteiger partial charge in [-0.3, -0.25) is 10.1 Å². The van der Waals surface area contributed by atoms with E-state index < -0.39 is 4.92 Å². The molecule has 2 heterocycles. The van der Waals surface area contributed by atoms with Crippen molar-refractivity contribution in [2.24, 2.45) is 0 Å². The van der Waals surface area contributed by atoms with Crippen LogP contribution in [0, 0.1) is 17.0 Å². The van der Waals surface area contributed by atoms with E-state index in [9.17, 15) is 10.1 Å². The summed E-state index contributed by atoms with van der Waals surface area (Å²) in [5.74, 6) is 0.274. The van der Waals surface area contributed by atoms with E-state index >= 15 is 0 Å². The smallest absolute Gasteiger partial charge is 0.332 e. The summed E-state index contributed by atoms with van der Waals surface area (Å²) in [7, 11) is 1.65. The Morgan fingerprint density at radius 3 is 2.80 bits per heavy atom. The molecule has 110 valence electrons. The minimum absolute atomic E-state index is 0.0211. The van der Waals surface area contributed by atoms with Gasteiger partial charge in [0, 0.05) is 20.2 Å². The minimum atomic E-state index is -0.459. The summed E-state index contributed by atoms with van der Waals surface area (Å²) in [5.41, 5.74) is -0.151. The van der Waals surface area contributed by atoms with Crippen LogP contribution in [-0.4, -0.2) is 40.7 Å². The highest BCUT2D eigenvalue weighted by molar-refractivity contribution is 6.28. The molecule has 0 aliphatic carbocycles. The van der Waals surface area contributed by atoms with Gasteiger partial charge in [0.1, 0.15) is 5.69 Å². The van der Waals surface area contributed by atoms with Gasteiger partial charge in [-0.05, 0) is 38.3 Å². The summed E-state index contributed by atoms with van der Waals surface area (Å²) < 4.78 is 5.50. The molecule has 20 heavy (non-hydrogen) atoms. The van der Waals surface area contributed by atoms with Crippen molar-refractivity contribution < 1.29 is 9.66 Å². The second-order valence-electron chi connectivity index (χ2n) is 5.19. The lowest BCUT2D eigenvalue weighted by atomic mass is 9.94. The van der Waals surface area contributed by atoms with Crippen molar-refractivity contribution in [3.8, 4) is 0 Å². The van der Waals surface area contributed by atoms with Crippen molar-refractivity contribution >= 4 is 23.1 Å². The lowest BCUT2D eigenvalue weighted by Crippen LogP contribution is -2.48. The first-order valence-electron chi connectivity index (χ1n) is 6.35. The molecule has 0 radical (unpaired) electrons. The third kappa shape index (κ3) is 2.83. The van der Waals surface area contributed by atoms with Crippen LogP contribution in [0.5, 0.6) is 0 Å². The SMILES string of the molecule is COC1(C)CCCN(c2nc(Cl)nc(C)c2[N+](=O)[O-])C1. The molecule has 1 aliphatic rings. The van der Waals surface area contributed by atoms with Gasteiger partial charge < -0.3 is 9.64 Å². The van der Waals surface area contributed by atoms with E-state index in [1.165, 1.54) is 0 Å². The number of piperidine rings is 1. The fourth-order valence-corrected chi connectivity index (χ4v) is 2.71. The average Bonchev–Trinajstić information content (AvgIpc) is 2.37. The van der Waals surface area contributed by atoms with Gasteiger partial charge in [-0.15, -0.1) is 0 Å². The van der Waals surface area contributed by atoms with Gasteiger partial charge in [0.15, 0.2) is 0 Å². The van der Waals surface area contributed by atoms with Crippen LogP contribution in [0.15, 0.2) is 0 Å². The Labute approximate surface area is 122 Å². The largest absolute Gasteiger partial charge is 0.377 e. The number of nitro groups is 1. The molecular formula is C12H17ClN4O3. The quantitative estimate of drug-likeness (QED) is 0.484. The van der Waals surface area contributed by atoms with Crippen molar-refractivity contribution in [3.05, 3.63) is 21.1 Å². The summed E-state index contributed by atoms with van der Waals surface area (Å²) in [6, 6.07) is 0. The van der Waals surface area contributed by atoms with E-state index in [1.54, 1.807) is 14.0 Å². The molecule has 0 N–H and O–H groups in total. The number of anilines is 1. The monoisotopic (exact) mass is 300 g/mol. The number of halogens is 1. The predicted molar refractivity (Wildman–Crippen MR) is 75.3 cm³/mol. The van der Waals surface area contributed by atoms with Crippen LogP contribution in [0.4, 0.5) is 11.5 Å². The molecule has 7 nitrogen and oxygen atoms in total. The third-order valence-corrected chi connectivity index (χ3v) is 3.82. The van der Waals surface area contributed by atoms with Gasteiger partial charge in [0.05, 0.1) is 10.5 Å². The Balaban J connectivity index is 2.44. The second-order valence-corrected chi connectivity index (χ2v) is 5.52. The molecule has 1 saturated heterocycles. The van der Waals surface area contributed by atoms with Crippen LogP contribution in [0.3, 0.4) is 0 Å². The molecule has 8 heteroatoms. The Bertz CT molecular complexity index is 540. The molecule has 0 amide bonds. The zero-order chi connectivity index (χ0) is 14.9. The van der Waals surface area contributed by atoms with Crippen molar-refractivity contribution in [3.63, 3.8) is 0 Å². The number of nitrogens with zero attached hydrogens (tertiary/aromatic N) is 4. The normalized spacial score (nSPS) is 22.9. The fourth-order valence-electron chi connectivity index (χ4n) is 2.51. The first kappa shape index (κ1) is 14.9. The number of hydrogen-bond donors (Lipinski definition) is 0. The zero-order valence-electron chi connectivity index (χ0n) is 11.7. The Morgan fingerprint density at radius 2 is 2.20 bits per heavy atom. The maximum absolute atomic E-state index is 11.3. The third-order valence-electron chi connectivity index (χ3n) is 3.65. The molecule has 0 saturated carbocycles. The maximum Gasteiger partial charge on any atom is 0.332 e. The molecule has 1 aliphatic heterocycles. The molecule has 0 bridgehead atoms. The van der Waals surface area contributed by atoms with Gasteiger partial charge in [0.2, 0.25) is 11.1 Å². The number of ether oxygens (including phenoxy) is 1. The number of rotatable bonds is 3. The van der Waals surface area contributed by atoms with E-state index in [4.69, 9.17) is 16.3 Å². The van der Waals surface area contributed by atoms with Gasteiger partial charge in [-0.2, -0.15) is 4.98 Å². The highest BCUT2D eigenvalue weighted by Crippen LogP contribution is 2.34. The van der Waals surface area contributed by atoms with Crippen molar-refractivity contribution in [1.82, 2.24) is 9.97 Å². The second kappa shape index (κ2) is 5.49. The summed E-state index contributed by atoms with van der Waals surface area (Å²) in [5, 5.41) is 11.3. The van der Waals surface area contributed by atoms with Crippen molar-refractivity contribution in [1.29, 1.82) is 0 Å². The zero-order valence-corrected chi connectivity index (χ0v) is 12.5. The van der Waals surface area contributed by atoms with Crippen LogP contribution >= 0.6 is 11.6 Å². The van der Waals surface area contributed by atoms with Crippen LogP contribution in [0.2, 0.25) is 5.28 Å². The number of methoxy groups -OCH3 is 1. The molecule has 1 fully saturated rings. The molecule has 2 rings (SSSR count). The van der Waals surface area contributed by atoms with Gasteiger partial charge in [-0.25, -0.2) is 4.98 Å². The van der Waals surface area contributed by atoms with Gasteiger partial charge >= 0.3 is 5.69 Å². The highest BCUT2D eigenvalue weighted by Gasteiger charge is 2.35. The van der Waals surface area contributed by atoms with Crippen LogP contribution < -0.4 is 4.90 Å². The summed E-state index contributed by atoms with van der Waals surface area (Å²) in [4.78, 5) is 20.6. The molecular weight excluding hydrogens is 284 g/mol. The fraction of sp³-hybridized carbons (Fsp3) is 0.667. The lowest BCUT2D eigenvalue weighted by Gasteiger charge is -2.39. The van der Waals surface area contributed by atoms with E-state index in [1.807, 2.05) is 11.8 Å². The Kier molecular flexibility index (Phi) is 4.10. The van der Waals surface area contributed by atoms with Crippen molar-refractivity contribution in [2.75, 3.05) is 25.1 Å². The number of aromatic nitrogens is 2. The molecule has 1 aromatic rings. The van der Waals surface area contributed by atoms with Crippen LogP contribution in [0.25, 0.3) is 0 Å². The molecule has 1 unspecified atom stereocenters. The minimum Gasteiger partial charge on any atom is -0.377 e. The van der Waals surface area contributed by atoms with Gasteiger partial charge in [-0.1, -0.05) is 0 Å². The maximum atomic E-state index is 11.3. The van der Waals surface area contributed by atoms with Gasteiger partial charge in [0.25, 0.3) is 0 Å². The topological polar surface area (TPSA) is 81.4 Å². The average molecular weight is 301 g/mol. The van der Waals surface area contributed by atoms with Crippen LogP contribution in [0.1, 0.15) is 25.5 Å². The number of hydrogen-bond acceptors (Lipinski definition) is 6. The summed E-state index contributed by atoms with van der Waals surface area (Å²) >= 11 is 5.85. The standard InChI is InChI=1S/C12H17ClN4O3/c1-8-9(17(18)19)10(15-11(13)14-8)16-6-4-5-12(2,7-16)20-3/h4-7H2,1-3H3. The first-order valence-corrected chi connectivity index (χ1v) is 6.73. The molecule has 1 atom stereocenters. The Morgan fingerprint density at radius 1 is 1.50 bits per heavy atom.